The minimum Gasteiger partial charge on any atom is -0.492 e. The number of ether oxygens (including phenoxy) is 2. The van der Waals surface area contributed by atoms with Gasteiger partial charge in [0.05, 0.1) is 18.5 Å². The van der Waals surface area contributed by atoms with Crippen molar-refractivity contribution in [3.8, 4) is 5.75 Å². The molecule has 0 unspecified atom stereocenters. The van der Waals surface area contributed by atoms with Crippen molar-refractivity contribution in [2.24, 2.45) is 0 Å². The van der Waals surface area contributed by atoms with Gasteiger partial charge in [0.15, 0.2) is 5.75 Å². The summed E-state index contributed by atoms with van der Waals surface area (Å²) >= 11 is 0. The van der Waals surface area contributed by atoms with E-state index in [-0.39, 0.29) is 12.5 Å². The van der Waals surface area contributed by atoms with Crippen LogP contribution in [0.4, 0.5) is 16.2 Å². The molecule has 0 aromatic heterocycles. The van der Waals surface area contributed by atoms with Crippen LogP contribution in [0.1, 0.15) is 20.8 Å². The van der Waals surface area contributed by atoms with Gasteiger partial charge < -0.3 is 20.1 Å². The fraction of sp³-hybridized carbons (Fsp3) is 0.500. The molecule has 7 heteroatoms. The first-order valence-corrected chi connectivity index (χ1v) is 7.43. The number of hydrogen-bond acceptors (Lipinski definition) is 5. The summed E-state index contributed by atoms with van der Waals surface area (Å²) in [4.78, 5) is 27.5. The number of carbonyl (C=O) groups is 2. The number of anilines is 2. The third kappa shape index (κ3) is 3.85. The Labute approximate surface area is 135 Å². The summed E-state index contributed by atoms with van der Waals surface area (Å²) in [7, 11) is 1.51. The predicted octanol–water partition coefficient (Wildman–Crippen LogP) is 1.86. The molecule has 1 aromatic rings. The Hall–Kier alpha value is -2.44. The van der Waals surface area contributed by atoms with E-state index in [1.165, 1.54) is 12.0 Å². The number of rotatable bonds is 2. The minimum atomic E-state index is -0.589. The maximum atomic E-state index is 12.4. The average molecular weight is 321 g/mol. The number of nitrogen functional groups attached to an aromatic ring is 1. The van der Waals surface area contributed by atoms with Gasteiger partial charge in [0.1, 0.15) is 12.1 Å². The van der Waals surface area contributed by atoms with Crippen molar-refractivity contribution in [3.63, 3.8) is 0 Å². The Morgan fingerprint density at radius 2 is 1.96 bits per heavy atom. The lowest BCUT2D eigenvalue weighted by Crippen LogP contribution is -2.53. The number of nitrogens with zero attached hydrogens (tertiary/aromatic N) is 2. The maximum Gasteiger partial charge on any atom is 0.410 e. The van der Waals surface area contributed by atoms with Crippen LogP contribution in [-0.4, -0.2) is 49.2 Å². The summed E-state index contributed by atoms with van der Waals surface area (Å²) in [5.74, 6) is 0.262. The van der Waals surface area contributed by atoms with Gasteiger partial charge in [0, 0.05) is 13.1 Å². The largest absolute Gasteiger partial charge is 0.492 e. The summed E-state index contributed by atoms with van der Waals surface area (Å²) < 4.78 is 10.6. The number of benzene rings is 1. The first-order valence-electron chi connectivity index (χ1n) is 7.43. The van der Waals surface area contributed by atoms with E-state index in [1.54, 1.807) is 43.9 Å². The Kier molecular flexibility index (Phi) is 4.68. The van der Waals surface area contributed by atoms with E-state index < -0.39 is 11.7 Å². The molecule has 2 N–H and O–H groups in total. The van der Waals surface area contributed by atoms with Crippen LogP contribution in [0.15, 0.2) is 18.2 Å². The highest BCUT2D eigenvalue weighted by Crippen LogP contribution is 2.34. The van der Waals surface area contributed by atoms with Crippen molar-refractivity contribution in [2.45, 2.75) is 26.4 Å². The van der Waals surface area contributed by atoms with Crippen molar-refractivity contribution in [2.75, 3.05) is 37.4 Å². The molecule has 1 aliphatic rings. The summed E-state index contributed by atoms with van der Waals surface area (Å²) in [6.45, 7) is 6.09. The number of para-hydroxylation sites is 1. The molecule has 0 saturated carbocycles. The Balaban J connectivity index is 2.12. The second kappa shape index (κ2) is 6.36. The number of methoxy groups -OCH3 is 1. The minimum absolute atomic E-state index is 0.0349. The standard InChI is InChI=1S/C16H23N3O4/c1-16(2,3)23-15(21)18-8-9-19(13(20)10-18)12-7-5-6-11(17)14(12)22-4/h5-7H,8-10,17H2,1-4H3. The van der Waals surface area contributed by atoms with Crippen LogP contribution in [0.25, 0.3) is 0 Å². The smallest absolute Gasteiger partial charge is 0.410 e. The summed E-state index contributed by atoms with van der Waals surface area (Å²) in [5.41, 5.74) is 6.37. The molecule has 1 saturated heterocycles. The second-order valence-corrected chi connectivity index (χ2v) is 6.35. The number of piperazine rings is 1. The van der Waals surface area contributed by atoms with Crippen LogP contribution in [-0.2, 0) is 9.53 Å². The third-order valence-corrected chi connectivity index (χ3v) is 3.39. The van der Waals surface area contributed by atoms with Gasteiger partial charge in [0.25, 0.3) is 0 Å². The van der Waals surface area contributed by atoms with Crippen LogP contribution in [0.2, 0.25) is 0 Å². The maximum absolute atomic E-state index is 12.4. The van der Waals surface area contributed by atoms with Crippen LogP contribution in [0.5, 0.6) is 5.75 Å². The highest BCUT2D eigenvalue weighted by atomic mass is 16.6. The Morgan fingerprint density at radius 3 is 2.52 bits per heavy atom. The zero-order valence-corrected chi connectivity index (χ0v) is 14.0. The lowest BCUT2D eigenvalue weighted by Gasteiger charge is -2.35. The van der Waals surface area contributed by atoms with Crippen molar-refractivity contribution < 1.29 is 19.1 Å². The molecule has 0 spiro atoms. The Morgan fingerprint density at radius 1 is 1.26 bits per heavy atom. The molecule has 2 rings (SSSR count). The van der Waals surface area contributed by atoms with E-state index in [0.29, 0.717) is 30.2 Å². The van der Waals surface area contributed by atoms with Gasteiger partial charge in [-0.2, -0.15) is 0 Å². The molecular formula is C16H23N3O4. The number of hydrogen-bond donors (Lipinski definition) is 1. The summed E-state index contributed by atoms with van der Waals surface area (Å²) in [6, 6.07) is 5.25. The van der Waals surface area contributed by atoms with Gasteiger partial charge in [-0.3, -0.25) is 9.69 Å². The lowest BCUT2D eigenvalue weighted by atomic mass is 10.2. The van der Waals surface area contributed by atoms with Crippen molar-refractivity contribution in [3.05, 3.63) is 18.2 Å². The molecule has 0 aliphatic carbocycles. The van der Waals surface area contributed by atoms with Gasteiger partial charge in [-0.05, 0) is 32.9 Å². The second-order valence-electron chi connectivity index (χ2n) is 6.35. The molecule has 1 aromatic carbocycles. The van der Waals surface area contributed by atoms with Gasteiger partial charge >= 0.3 is 6.09 Å². The number of nitrogens with two attached hydrogens (primary N) is 1. The van der Waals surface area contributed by atoms with Crippen LogP contribution in [0, 0.1) is 0 Å². The Bertz CT molecular complexity index is 610. The van der Waals surface area contributed by atoms with Gasteiger partial charge in [-0.1, -0.05) is 6.07 Å². The van der Waals surface area contributed by atoms with Gasteiger partial charge in [0.2, 0.25) is 5.91 Å². The molecule has 0 radical (unpaired) electrons. The highest BCUT2D eigenvalue weighted by molar-refractivity contribution is 5.99. The first kappa shape index (κ1) is 16.9. The monoisotopic (exact) mass is 321 g/mol. The SMILES string of the molecule is COc1c(N)cccc1N1CCN(C(=O)OC(C)(C)C)CC1=O. The zero-order chi connectivity index (χ0) is 17.2. The zero-order valence-electron chi connectivity index (χ0n) is 14.0. The normalized spacial score (nSPS) is 15.6. The molecular weight excluding hydrogens is 298 g/mol. The quantitative estimate of drug-likeness (QED) is 0.840. The van der Waals surface area contributed by atoms with Crippen molar-refractivity contribution in [1.29, 1.82) is 0 Å². The third-order valence-electron chi connectivity index (χ3n) is 3.39. The number of carbonyl (C=O) groups excluding carboxylic acids is 2. The van der Waals surface area contributed by atoms with E-state index in [0.717, 1.165) is 0 Å². The molecule has 0 atom stereocenters. The van der Waals surface area contributed by atoms with Crippen LogP contribution >= 0.6 is 0 Å². The van der Waals surface area contributed by atoms with Crippen LogP contribution < -0.4 is 15.4 Å². The highest BCUT2D eigenvalue weighted by Gasteiger charge is 2.32. The van der Waals surface area contributed by atoms with Crippen molar-refractivity contribution in [1.82, 2.24) is 4.90 Å². The van der Waals surface area contributed by atoms with E-state index in [4.69, 9.17) is 15.2 Å². The lowest BCUT2D eigenvalue weighted by molar-refractivity contribution is -0.121. The summed E-state index contributed by atoms with van der Waals surface area (Å²) in [6.07, 6.45) is -0.481. The van der Waals surface area contributed by atoms with E-state index in [1.807, 2.05) is 0 Å². The van der Waals surface area contributed by atoms with E-state index in [2.05, 4.69) is 0 Å². The fourth-order valence-corrected chi connectivity index (χ4v) is 2.39. The topological polar surface area (TPSA) is 85.1 Å². The molecule has 1 heterocycles. The molecule has 7 nitrogen and oxygen atoms in total. The number of amides is 2. The fourth-order valence-electron chi connectivity index (χ4n) is 2.39. The van der Waals surface area contributed by atoms with E-state index in [9.17, 15) is 9.59 Å². The first-order chi connectivity index (χ1) is 10.7. The molecule has 126 valence electrons. The average Bonchev–Trinajstić information content (AvgIpc) is 2.45. The molecule has 23 heavy (non-hydrogen) atoms. The molecule has 1 fully saturated rings. The molecule has 1 aliphatic heterocycles. The van der Waals surface area contributed by atoms with Gasteiger partial charge in [-0.25, -0.2) is 4.79 Å². The van der Waals surface area contributed by atoms with Crippen molar-refractivity contribution >= 4 is 23.4 Å². The predicted molar refractivity (Wildman–Crippen MR) is 87.6 cm³/mol. The summed E-state index contributed by atoms with van der Waals surface area (Å²) in [5, 5.41) is 0. The molecule has 2 amide bonds. The van der Waals surface area contributed by atoms with E-state index >= 15 is 0 Å². The van der Waals surface area contributed by atoms with Crippen LogP contribution in [0.3, 0.4) is 0 Å². The molecule has 0 bridgehead atoms. The van der Waals surface area contributed by atoms with Gasteiger partial charge in [-0.15, -0.1) is 0 Å².